The summed E-state index contributed by atoms with van der Waals surface area (Å²) in [4.78, 5) is 59.2. The van der Waals surface area contributed by atoms with Crippen LogP contribution in [0.25, 0.3) is 0 Å². The molecule has 9 heteroatoms. The predicted molar refractivity (Wildman–Crippen MR) is 85.3 cm³/mol. The molecule has 0 spiro atoms. The van der Waals surface area contributed by atoms with Crippen LogP contribution in [0, 0.1) is 5.92 Å². The summed E-state index contributed by atoms with van der Waals surface area (Å²) in [6.45, 7) is 1.66. The molecule has 0 aromatic carbocycles. The summed E-state index contributed by atoms with van der Waals surface area (Å²) >= 11 is 0. The number of carbonyl (C=O) groups is 5. The first-order valence-corrected chi connectivity index (χ1v) is 7.51. The second-order valence-electron chi connectivity index (χ2n) is 5.13. The predicted octanol–water partition coefficient (Wildman–Crippen LogP) is 0.651. The molecule has 0 aliphatic rings. The molecule has 0 aliphatic heterocycles. The van der Waals surface area contributed by atoms with Crippen LogP contribution in [-0.2, 0) is 28.8 Å². The molecule has 0 aromatic heterocycles. The third kappa shape index (κ3) is 13.3. The zero-order chi connectivity index (χ0) is 19.2. The molecule has 0 aromatic rings. The highest BCUT2D eigenvalue weighted by molar-refractivity contribution is 5.97. The number of allylic oxidation sites excluding steroid dienone is 1. The second-order valence-corrected chi connectivity index (χ2v) is 5.13. The molecule has 0 saturated heterocycles. The van der Waals surface area contributed by atoms with Gasteiger partial charge in [0.05, 0.1) is 0 Å². The van der Waals surface area contributed by atoms with Gasteiger partial charge in [-0.1, -0.05) is 6.42 Å². The number of carboxylic acids is 2. The fourth-order valence-corrected chi connectivity index (χ4v) is 1.81. The molecule has 0 amide bonds. The van der Waals surface area contributed by atoms with Crippen LogP contribution < -0.4 is 5.48 Å². The van der Waals surface area contributed by atoms with Crippen molar-refractivity contribution in [1.82, 2.24) is 5.48 Å². The first kappa shape index (κ1) is 22.2. The van der Waals surface area contributed by atoms with E-state index in [-0.39, 0.29) is 12.2 Å². The Hall–Kier alpha value is -2.81. The molecule has 0 radical (unpaired) electrons. The van der Waals surface area contributed by atoms with Crippen LogP contribution >= 0.6 is 0 Å². The van der Waals surface area contributed by atoms with Gasteiger partial charge in [-0.05, 0) is 25.8 Å². The summed E-state index contributed by atoms with van der Waals surface area (Å²) in [7, 11) is 0. The Bertz CT molecular complexity index is 564. The summed E-state index contributed by atoms with van der Waals surface area (Å²) in [6, 6.07) is 0. The zero-order valence-corrected chi connectivity index (χ0v) is 13.8. The maximum absolute atomic E-state index is 11.6. The van der Waals surface area contributed by atoms with E-state index >= 15 is 0 Å². The molecule has 25 heavy (non-hydrogen) atoms. The molecule has 0 heterocycles. The number of carbonyl (C=O) groups excluding carboxylic acids is 3. The van der Waals surface area contributed by atoms with Gasteiger partial charge >= 0.3 is 17.9 Å². The van der Waals surface area contributed by atoms with Crippen molar-refractivity contribution in [2.24, 2.45) is 5.92 Å². The Morgan fingerprint density at radius 1 is 0.960 bits per heavy atom. The van der Waals surface area contributed by atoms with Crippen LogP contribution in [-0.4, -0.2) is 46.2 Å². The summed E-state index contributed by atoms with van der Waals surface area (Å²) < 4.78 is 0. The van der Waals surface area contributed by atoms with Gasteiger partial charge in [0.2, 0.25) is 0 Å². The van der Waals surface area contributed by atoms with Crippen molar-refractivity contribution < 1.29 is 39.0 Å². The highest BCUT2D eigenvalue weighted by atomic mass is 16.7. The highest BCUT2D eigenvalue weighted by Crippen LogP contribution is 2.15. The molecule has 0 fully saturated rings. The quantitative estimate of drug-likeness (QED) is 0.246. The van der Waals surface area contributed by atoms with Gasteiger partial charge in [-0.3, -0.25) is 9.59 Å². The normalized spacial score (nSPS) is 12.2. The molecule has 0 rings (SSSR count). The summed E-state index contributed by atoms with van der Waals surface area (Å²) in [6.07, 6.45) is 4.60. The van der Waals surface area contributed by atoms with Crippen molar-refractivity contribution in [3.05, 3.63) is 24.3 Å². The SMILES string of the molecule is CC(=O)[C@H](CCCCNOC(=O)/C=C\C(=O)O)CC(=O)/C=C\C(=O)O. The third-order valence-electron chi connectivity index (χ3n) is 3.05. The largest absolute Gasteiger partial charge is 0.478 e. The minimum Gasteiger partial charge on any atom is -0.478 e. The zero-order valence-electron chi connectivity index (χ0n) is 13.8. The lowest BCUT2D eigenvalue weighted by Gasteiger charge is -2.11. The van der Waals surface area contributed by atoms with Gasteiger partial charge in [-0.15, -0.1) is 0 Å². The number of rotatable bonds is 13. The molecule has 138 valence electrons. The monoisotopic (exact) mass is 355 g/mol. The fraction of sp³-hybridized carbons (Fsp3) is 0.438. The number of carboxylic acid groups (broad SMARTS) is 2. The molecular weight excluding hydrogens is 334 g/mol. The van der Waals surface area contributed by atoms with Crippen molar-refractivity contribution >= 4 is 29.5 Å². The van der Waals surface area contributed by atoms with E-state index in [0.29, 0.717) is 31.9 Å². The smallest absolute Gasteiger partial charge is 0.349 e. The molecule has 0 bridgehead atoms. The Kier molecular flexibility index (Phi) is 11.2. The topological polar surface area (TPSA) is 147 Å². The number of aliphatic carboxylic acids is 2. The Morgan fingerprint density at radius 3 is 2.12 bits per heavy atom. The lowest BCUT2D eigenvalue weighted by atomic mass is 9.92. The van der Waals surface area contributed by atoms with Gasteiger partial charge in [0.1, 0.15) is 5.78 Å². The Morgan fingerprint density at radius 2 is 1.56 bits per heavy atom. The average molecular weight is 355 g/mol. The van der Waals surface area contributed by atoms with Crippen molar-refractivity contribution in [1.29, 1.82) is 0 Å². The van der Waals surface area contributed by atoms with Gasteiger partial charge in [0, 0.05) is 37.1 Å². The fourth-order valence-electron chi connectivity index (χ4n) is 1.81. The third-order valence-corrected chi connectivity index (χ3v) is 3.05. The van der Waals surface area contributed by atoms with E-state index in [0.717, 1.165) is 18.2 Å². The first-order chi connectivity index (χ1) is 11.7. The number of hydrogen-bond donors (Lipinski definition) is 3. The summed E-state index contributed by atoms with van der Waals surface area (Å²) in [5.41, 5.74) is 2.36. The van der Waals surface area contributed by atoms with Crippen LogP contribution in [0.3, 0.4) is 0 Å². The van der Waals surface area contributed by atoms with Crippen LogP contribution in [0.1, 0.15) is 32.6 Å². The first-order valence-electron chi connectivity index (χ1n) is 7.51. The lowest BCUT2D eigenvalue weighted by molar-refractivity contribution is -0.145. The number of hydrogen-bond acceptors (Lipinski definition) is 7. The molecule has 0 saturated carbocycles. The number of hydroxylamine groups is 1. The minimum absolute atomic E-state index is 0.0541. The van der Waals surface area contributed by atoms with E-state index in [1.807, 2.05) is 0 Å². The standard InChI is InChI=1S/C16H21NO8/c1-11(18)12(10-13(19)5-6-14(20)21)4-2-3-9-17-25-16(24)8-7-15(22)23/h5-8,12,17H,2-4,9-10H2,1H3,(H,20,21)(H,22,23)/b6-5-,8-7-/t12-/m1/s1. The number of unbranched alkanes of at least 4 members (excludes halogenated alkanes) is 1. The average Bonchev–Trinajstić information content (AvgIpc) is 2.52. The van der Waals surface area contributed by atoms with Gasteiger partial charge in [0.25, 0.3) is 0 Å². The van der Waals surface area contributed by atoms with Gasteiger partial charge in [0.15, 0.2) is 5.78 Å². The van der Waals surface area contributed by atoms with E-state index < -0.39 is 29.6 Å². The van der Waals surface area contributed by atoms with Crippen molar-refractivity contribution in [2.45, 2.75) is 32.6 Å². The molecule has 0 unspecified atom stereocenters. The summed E-state index contributed by atoms with van der Waals surface area (Å²) in [5, 5.41) is 16.8. The van der Waals surface area contributed by atoms with E-state index in [9.17, 15) is 24.0 Å². The van der Waals surface area contributed by atoms with E-state index in [2.05, 4.69) is 10.3 Å². The van der Waals surface area contributed by atoms with Gasteiger partial charge < -0.3 is 15.1 Å². The number of nitrogens with one attached hydrogen (secondary N) is 1. The molecule has 9 nitrogen and oxygen atoms in total. The van der Waals surface area contributed by atoms with E-state index in [1.165, 1.54) is 6.92 Å². The Balaban J connectivity index is 4.03. The maximum Gasteiger partial charge on any atom is 0.349 e. The van der Waals surface area contributed by atoms with Crippen molar-refractivity contribution in [3.8, 4) is 0 Å². The number of Topliss-reactive ketones (excluding diaryl/α,β-unsaturated/α-hetero) is 1. The molecule has 3 N–H and O–H groups in total. The van der Waals surface area contributed by atoms with Gasteiger partial charge in [-0.25, -0.2) is 14.4 Å². The molecule has 1 atom stereocenters. The lowest BCUT2D eigenvalue weighted by Crippen LogP contribution is -2.20. The Labute approximate surface area is 144 Å². The van der Waals surface area contributed by atoms with Gasteiger partial charge in [-0.2, -0.15) is 5.48 Å². The number of ketones is 2. The van der Waals surface area contributed by atoms with Crippen LogP contribution in [0.5, 0.6) is 0 Å². The van der Waals surface area contributed by atoms with E-state index in [4.69, 9.17) is 10.2 Å². The summed E-state index contributed by atoms with van der Waals surface area (Å²) in [5.74, 6) is -4.42. The highest BCUT2D eigenvalue weighted by Gasteiger charge is 2.17. The maximum atomic E-state index is 11.6. The molecular formula is C16H21NO8. The van der Waals surface area contributed by atoms with Crippen molar-refractivity contribution in [3.63, 3.8) is 0 Å². The second kappa shape index (κ2) is 12.6. The van der Waals surface area contributed by atoms with E-state index in [1.54, 1.807) is 0 Å². The minimum atomic E-state index is -1.26. The van der Waals surface area contributed by atoms with Crippen LogP contribution in [0.15, 0.2) is 24.3 Å². The van der Waals surface area contributed by atoms with Crippen LogP contribution in [0.4, 0.5) is 0 Å². The van der Waals surface area contributed by atoms with Crippen molar-refractivity contribution in [2.75, 3.05) is 6.54 Å². The molecule has 0 aliphatic carbocycles. The van der Waals surface area contributed by atoms with Crippen LogP contribution in [0.2, 0.25) is 0 Å².